The SMILES string of the molecule is c1cncc(-c2[nH]ncc2CNC2CC3CCC2O3)c1. The first-order valence-corrected chi connectivity index (χ1v) is 7.21. The standard InChI is InChI=1S/C15H18N4O/c1-2-10(7-16-5-1)15-11(9-18-19-15)8-17-13-6-12-3-4-14(13)20-12/h1-2,5,7,9,12-14,17H,3-4,6,8H2,(H,18,19). The van der Waals surface area contributed by atoms with Gasteiger partial charge in [-0.15, -0.1) is 0 Å². The van der Waals surface area contributed by atoms with Crippen LogP contribution in [0.1, 0.15) is 24.8 Å². The van der Waals surface area contributed by atoms with Crippen molar-refractivity contribution in [2.24, 2.45) is 0 Å². The van der Waals surface area contributed by atoms with Crippen LogP contribution in [0.25, 0.3) is 11.3 Å². The Morgan fingerprint density at radius 3 is 3.10 bits per heavy atom. The minimum atomic E-state index is 0.411. The molecule has 2 aromatic rings. The molecular formula is C15H18N4O. The highest BCUT2D eigenvalue weighted by Gasteiger charge is 2.40. The zero-order valence-corrected chi connectivity index (χ0v) is 11.2. The average Bonchev–Trinajstić information content (AvgIpc) is 3.22. The van der Waals surface area contributed by atoms with E-state index in [0.717, 1.165) is 24.2 Å². The fourth-order valence-electron chi connectivity index (χ4n) is 3.30. The van der Waals surface area contributed by atoms with Crippen LogP contribution in [0.15, 0.2) is 30.7 Å². The van der Waals surface area contributed by atoms with Crippen LogP contribution in [-0.2, 0) is 11.3 Å². The van der Waals surface area contributed by atoms with Gasteiger partial charge in [0.25, 0.3) is 0 Å². The number of pyridine rings is 1. The number of aromatic nitrogens is 3. The third kappa shape index (κ3) is 2.13. The molecule has 2 aromatic heterocycles. The maximum atomic E-state index is 5.87. The molecule has 0 aliphatic carbocycles. The van der Waals surface area contributed by atoms with E-state index in [9.17, 15) is 0 Å². The Morgan fingerprint density at radius 2 is 2.35 bits per heavy atom. The van der Waals surface area contributed by atoms with E-state index in [2.05, 4.69) is 20.5 Å². The topological polar surface area (TPSA) is 62.8 Å². The molecule has 4 heterocycles. The van der Waals surface area contributed by atoms with Crippen LogP contribution in [0.2, 0.25) is 0 Å². The molecule has 2 fully saturated rings. The first-order valence-electron chi connectivity index (χ1n) is 7.21. The van der Waals surface area contributed by atoms with Crippen molar-refractivity contribution >= 4 is 0 Å². The number of hydrogen-bond donors (Lipinski definition) is 2. The predicted molar refractivity (Wildman–Crippen MR) is 75.0 cm³/mol. The van der Waals surface area contributed by atoms with Crippen molar-refractivity contribution < 1.29 is 4.74 Å². The first-order chi connectivity index (χ1) is 9.90. The Bertz CT molecular complexity index is 583. The van der Waals surface area contributed by atoms with Crippen LogP contribution < -0.4 is 5.32 Å². The van der Waals surface area contributed by atoms with Crippen molar-refractivity contribution in [2.75, 3.05) is 0 Å². The summed E-state index contributed by atoms with van der Waals surface area (Å²) < 4.78 is 5.87. The summed E-state index contributed by atoms with van der Waals surface area (Å²) in [4.78, 5) is 4.16. The average molecular weight is 270 g/mol. The van der Waals surface area contributed by atoms with E-state index in [1.807, 2.05) is 24.5 Å². The van der Waals surface area contributed by atoms with Crippen molar-refractivity contribution in [1.82, 2.24) is 20.5 Å². The molecule has 20 heavy (non-hydrogen) atoms. The van der Waals surface area contributed by atoms with E-state index >= 15 is 0 Å². The highest BCUT2D eigenvalue weighted by molar-refractivity contribution is 5.61. The van der Waals surface area contributed by atoms with Gasteiger partial charge in [-0.2, -0.15) is 5.10 Å². The molecule has 0 spiro atoms. The van der Waals surface area contributed by atoms with Crippen molar-refractivity contribution in [3.63, 3.8) is 0 Å². The number of H-pyrrole nitrogens is 1. The number of nitrogens with zero attached hydrogens (tertiary/aromatic N) is 2. The Labute approximate surface area is 117 Å². The van der Waals surface area contributed by atoms with E-state index < -0.39 is 0 Å². The second kappa shape index (κ2) is 5.00. The van der Waals surface area contributed by atoms with Crippen molar-refractivity contribution in [3.8, 4) is 11.3 Å². The lowest BCUT2D eigenvalue weighted by Crippen LogP contribution is -2.37. The van der Waals surface area contributed by atoms with Gasteiger partial charge in [-0.3, -0.25) is 10.1 Å². The molecule has 3 unspecified atom stereocenters. The molecular weight excluding hydrogens is 252 g/mol. The fraction of sp³-hybridized carbons (Fsp3) is 0.467. The molecule has 0 amide bonds. The lowest BCUT2D eigenvalue weighted by molar-refractivity contribution is 0.0973. The number of fused-ring (bicyclic) bond motifs is 2. The summed E-state index contributed by atoms with van der Waals surface area (Å²) in [6.45, 7) is 0.817. The number of ether oxygens (including phenoxy) is 1. The lowest BCUT2D eigenvalue weighted by atomic mass is 9.95. The van der Waals surface area contributed by atoms with Crippen LogP contribution in [0.5, 0.6) is 0 Å². The largest absolute Gasteiger partial charge is 0.373 e. The molecule has 0 aromatic carbocycles. The van der Waals surface area contributed by atoms with E-state index in [-0.39, 0.29) is 0 Å². The maximum absolute atomic E-state index is 5.87. The highest BCUT2D eigenvalue weighted by Crippen LogP contribution is 2.34. The molecule has 2 bridgehead atoms. The molecule has 0 saturated carbocycles. The summed E-state index contributed by atoms with van der Waals surface area (Å²) in [5, 5.41) is 10.9. The monoisotopic (exact) mass is 270 g/mol. The molecule has 3 atom stereocenters. The normalized spacial score (nSPS) is 28.1. The zero-order chi connectivity index (χ0) is 13.4. The summed E-state index contributed by atoms with van der Waals surface area (Å²) in [5.41, 5.74) is 3.31. The molecule has 104 valence electrons. The quantitative estimate of drug-likeness (QED) is 0.890. The van der Waals surface area contributed by atoms with Crippen LogP contribution in [0.3, 0.4) is 0 Å². The second-order valence-electron chi connectivity index (χ2n) is 5.61. The van der Waals surface area contributed by atoms with Gasteiger partial charge in [-0.1, -0.05) is 0 Å². The smallest absolute Gasteiger partial charge is 0.0733 e. The number of nitrogens with one attached hydrogen (secondary N) is 2. The van der Waals surface area contributed by atoms with Crippen LogP contribution >= 0.6 is 0 Å². The van der Waals surface area contributed by atoms with Gasteiger partial charge in [0.05, 0.1) is 24.1 Å². The lowest BCUT2D eigenvalue weighted by Gasteiger charge is -2.20. The Balaban J connectivity index is 1.46. The summed E-state index contributed by atoms with van der Waals surface area (Å²) in [6, 6.07) is 4.48. The van der Waals surface area contributed by atoms with Gasteiger partial charge >= 0.3 is 0 Å². The molecule has 5 heteroatoms. The molecule has 5 nitrogen and oxygen atoms in total. The van der Waals surface area contributed by atoms with Gasteiger partial charge in [0, 0.05) is 36.1 Å². The third-order valence-corrected chi connectivity index (χ3v) is 4.33. The third-order valence-electron chi connectivity index (χ3n) is 4.33. The van der Waals surface area contributed by atoms with Gasteiger partial charge in [0.15, 0.2) is 0 Å². The maximum Gasteiger partial charge on any atom is 0.0733 e. The fourth-order valence-corrected chi connectivity index (χ4v) is 3.30. The summed E-state index contributed by atoms with van der Waals surface area (Å²) in [5.74, 6) is 0. The number of aromatic amines is 1. The van der Waals surface area contributed by atoms with Gasteiger partial charge < -0.3 is 10.1 Å². The van der Waals surface area contributed by atoms with Crippen molar-refractivity contribution in [1.29, 1.82) is 0 Å². The Kier molecular flexibility index (Phi) is 3.01. The molecule has 2 aliphatic heterocycles. The molecule has 0 radical (unpaired) electrons. The molecule has 2 aliphatic rings. The van der Waals surface area contributed by atoms with Crippen molar-refractivity contribution in [3.05, 3.63) is 36.3 Å². The summed E-state index contributed by atoms with van der Waals surface area (Å²) in [7, 11) is 0. The molecule has 2 saturated heterocycles. The molecule has 2 N–H and O–H groups in total. The predicted octanol–water partition coefficient (Wildman–Crippen LogP) is 1.88. The first kappa shape index (κ1) is 12.1. The van der Waals surface area contributed by atoms with Gasteiger partial charge in [-0.05, 0) is 31.4 Å². The van der Waals surface area contributed by atoms with Crippen LogP contribution in [0, 0.1) is 0 Å². The summed E-state index contributed by atoms with van der Waals surface area (Å²) >= 11 is 0. The summed E-state index contributed by atoms with van der Waals surface area (Å²) in [6.07, 6.45) is 10.0. The van der Waals surface area contributed by atoms with E-state index in [1.165, 1.54) is 18.4 Å². The Morgan fingerprint density at radius 1 is 1.35 bits per heavy atom. The van der Waals surface area contributed by atoms with Gasteiger partial charge in [0.1, 0.15) is 0 Å². The minimum absolute atomic E-state index is 0.411. The van der Waals surface area contributed by atoms with Crippen molar-refractivity contribution in [2.45, 2.75) is 44.1 Å². The number of rotatable bonds is 4. The number of hydrogen-bond acceptors (Lipinski definition) is 4. The van der Waals surface area contributed by atoms with E-state index in [4.69, 9.17) is 4.74 Å². The highest BCUT2D eigenvalue weighted by atomic mass is 16.5. The van der Waals surface area contributed by atoms with E-state index in [1.54, 1.807) is 6.20 Å². The van der Waals surface area contributed by atoms with Crippen LogP contribution in [-0.4, -0.2) is 33.4 Å². The Hall–Kier alpha value is -1.72. The van der Waals surface area contributed by atoms with E-state index in [0.29, 0.717) is 18.2 Å². The van der Waals surface area contributed by atoms with Gasteiger partial charge in [-0.25, -0.2) is 0 Å². The zero-order valence-electron chi connectivity index (χ0n) is 11.2. The minimum Gasteiger partial charge on any atom is -0.373 e. The van der Waals surface area contributed by atoms with Gasteiger partial charge in [0.2, 0.25) is 0 Å². The second-order valence-corrected chi connectivity index (χ2v) is 5.61. The molecule has 4 rings (SSSR count). The van der Waals surface area contributed by atoms with Crippen LogP contribution in [0.4, 0.5) is 0 Å².